The van der Waals surface area contributed by atoms with Crippen molar-refractivity contribution < 1.29 is 27.9 Å². The van der Waals surface area contributed by atoms with Gasteiger partial charge in [0.1, 0.15) is 11.6 Å². The molecule has 1 amide bonds. The Hall–Kier alpha value is -2.05. The molecule has 1 saturated carbocycles. The minimum atomic E-state index is -1.30. The second-order valence-electron chi connectivity index (χ2n) is 7.07. The molecule has 0 aliphatic heterocycles. The Labute approximate surface area is 138 Å². The van der Waals surface area contributed by atoms with E-state index < -0.39 is 41.0 Å². The molecule has 0 spiro atoms. The van der Waals surface area contributed by atoms with E-state index >= 15 is 0 Å². The molecule has 0 heterocycles. The molecule has 24 heavy (non-hydrogen) atoms. The third-order valence-corrected chi connectivity index (χ3v) is 4.33. The van der Waals surface area contributed by atoms with Gasteiger partial charge >= 0.3 is 6.09 Å². The lowest BCUT2D eigenvalue weighted by Crippen LogP contribution is -2.55. The van der Waals surface area contributed by atoms with Crippen molar-refractivity contribution in [3.05, 3.63) is 35.1 Å². The lowest BCUT2D eigenvalue weighted by molar-refractivity contribution is -0.122. The van der Waals surface area contributed by atoms with Crippen LogP contribution in [0.3, 0.4) is 0 Å². The van der Waals surface area contributed by atoms with Crippen molar-refractivity contribution in [2.75, 3.05) is 0 Å². The Morgan fingerprint density at radius 2 is 1.75 bits per heavy atom. The number of carbonyl (C=O) groups excluding carboxylic acids is 1. The van der Waals surface area contributed by atoms with E-state index in [2.05, 4.69) is 0 Å². The first-order chi connectivity index (χ1) is 11.0. The number of rotatable bonds is 2. The number of carboxylic acid groups (broad SMARTS) is 1. The highest BCUT2D eigenvalue weighted by Crippen LogP contribution is 2.39. The molecule has 1 aromatic carbocycles. The number of Topliss-reactive ketones (excluding diaryl/α,β-unsaturated/α-hetero) is 1. The van der Waals surface area contributed by atoms with E-state index in [1.807, 2.05) is 0 Å². The van der Waals surface area contributed by atoms with Gasteiger partial charge in [0.15, 0.2) is 11.6 Å². The van der Waals surface area contributed by atoms with Crippen LogP contribution in [-0.2, 0) is 4.79 Å². The van der Waals surface area contributed by atoms with E-state index in [1.165, 1.54) is 0 Å². The molecule has 0 aromatic heterocycles. The zero-order valence-electron chi connectivity index (χ0n) is 13.8. The zero-order chi connectivity index (χ0) is 18.2. The normalized spacial score (nSPS) is 21.7. The number of benzene rings is 1. The standard InChI is InChI=1S/C17H20F3NO3/c1-17(2,3)21(16(23)24)15-6-9(22)4-5-10(15)11-7-13(19)14(20)8-12(11)18/h7-8,10,15H,4-6H2,1-3H3,(H,23,24)/t10-,15+/m1/s1. The number of hydrogen-bond donors (Lipinski definition) is 1. The lowest BCUT2D eigenvalue weighted by Gasteiger charge is -2.44. The van der Waals surface area contributed by atoms with Gasteiger partial charge in [-0.1, -0.05) is 0 Å². The quantitative estimate of drug-likeness (QED) is 0.823. The summed E-state index contributed by atoms with van der Waals surface area (Å²) in [6.45, 7) is 5.00. The van der Waals surface area contributed by atoms with Gasteiger partial charge in [-0.25, -0.2) is 18.0 Å². The predicted octanol–water partition coefficient (Wildman–Crippen LogP) is 4.09. The van der Waals surface area contributed by atoms with Gasteiger partial charge in [-0.15, -0.1) is 0 Å². The summed E-state index contributed by atoms with van der Waals surface area (Å²) < 4.78 is 41.0. The van der Waals surface area contributed by atoms with Crippen molar-refractivity contribution in [1.82, 2.24) is 4.90 Å². The highest BCUT2D eigenvalue weighted by molar-refractivity contribution is 5.81. The largest absolute Gasteiger partial charge is 0.465 e. The summed E-state index contributed by atoms with van der Waals surface area (Å²) in [5, 5.41) is 9.57. The molecule has 1 aliphatic rings. The number of halogens is 3. The Morgan fingerprint density at radius 1 is 1.17 bits per heavy atom. The molecular formula is C17H20F3NO3. The monoisotopic (exact) mass is 343 g/mol. The second kappa shape index (κ2) is 6.45. The molecule has 4 nitrogen and oxygen atoms in total. The van der Waals surface area contributed by atoms with Crippen LogP contribution in [0.5, 0.6) is 0 Å². The summed E-state index contributed by atoms with van der Waals surface area (Å²) in [5.74, 6) is -4.27. The Bertz CT molecular complexity index is 670. The molecular weight excluding hydrogens is 323 g/mol. The van der Waals surface area contributed by atoms with Gasteiger partial charge in [-0.2, -0.15) is 0 Å². The van der Waals surface area contributed by atoms with Crippen molar-refractivity contribution in [1.29, 1.82) is 0 Å². The first-order valence-electron chi connectivity index (χ1n) is 7.70. The number of carbonyl (C=O) groups is 2. The van der Waals surface area contributed by atoms with Crippen molar-refractivity contribution in [2.24, 2.45) is 0 Å². The maximum atomic E-state index is 14.2. The summed E-state index contributed by atoms with van der Waals surface area (Å²) >= 11 is 0. The van der Waals surface area contributed by atoms with Gasteiger partial charge in [-0.05, 0) is 38.8 Å². The molecule has 1 fully saturated rings. The van der Waals surface area contributed by atoms with Crippen molar-refractivity contribution in [2.45, 2.75) is 57.5 Å². The first kappa shape index (κ1) is 18.3. The SMILES string of the molecule is CC(C)(C)N(C(=O)O)[C@H]1CC(=O)CC[C@@H]1c1cc(F)c(F)cc1F. The molecule has 0 radical (unpaired) electrons. The fraction of sp³-hybridized carbons (Fsp3) is 0.529. The van der Waals surface area contributed by atoms with E-state index in [9.17, 15) is 27.9 Å². The smallest absolute Gasteiger partial charge is 0.408 e. The second-order valence-corrected chi connectivity index (χ2v) is 7.07. The van der Waals surface area contributed by atoms with E-state index in [4.69, 9.17) is 0 Å². The molecule has 132 valence electrons. The van der Waals surface area contributed by atoms with E-state index in [-0.39, 0.29) is 30.6 Å². The Kier molecular flexibility index (Phi) is 4.92. The van der Waals surface area contributed by atoms with Gasteiger partial charge in [-0.3, -0.25) is 9.69 Å². The van der Waals surface area contributed by atoms with E-state index in [0.29, 0.717) is 6.07 Å². The molecule has 1 aromatic rings. The van der Waals surface area contributed by atoms with Crippen molar-refractivity contribution in [3.8, 4) is 0 Å². The zero-order valence-corrected chi connectivity index (χ0v) is 13.8. The number of nitrogens with zero attached hydrogens (tertiary/aromatic N) is 1. The fourth-order valence-corrected chi connectivity index (χ4v) is 3.37. The Morgan fingerprint density at radius 3 is 2.29 bits per heavy atom. The van der Waals surface area contributed by atoms with Gasteiger partial charge in [0, 0.05) is 36.4 Å². The van der Waals surface area contributed by atoms with Gasteiger partial charge in [0.05, 0.1) is 0 Å². The first-order valence-corrected chi connectivity index (χ1v) is 7.70. The summed E-state index contributed by atoms with van der Waals surface area (Å²) in [6, 6.07) is 0.393. The molecule has 2 atom stereocenters. The summed E-state index contributed by atoms with van der Waals surface area (Å²) in [6.07, 6.45) is -0.981. The highest BCUT2D eigenvalue weighted by atomic mass is 19.2. The van der Waals surface area contributed by atoms with Crippen molar-refractivity contribution in [3.63, 3.8) is 0 Å². The summed E-state index contributed by atoms with van der Waals surface area (Å²) in [4.78, 5) is 24.7. The third-order valence-electron chi connectivity index (χ3n) is 4.33. The minimum Gasteiger partial charge on any atom is -0.465 e. The average molecular weight is 343 g/mol. The highest BCUT2D eigenvalue weighted by Gasteiger charge is 2.42. The maximum absolute atomic E-state index is 14.2. The van der Waals surface area contributed by atoms with Crippen LogP contribution in [0.15, 0.2) is 12.1 Å². The third kappa shape index (κ3) is 3.55. The van der Waals surface area contributed by atoms with Crippen LogP contribution in [0, 0.1) is 17.5 Å². The minimum absolute atomic E-state index is 0.0767. The van der Waals surface area contributed by atoms with Crippen LogP contribution in [0.4, 0.5) is 18.0 Å². The fourth-order valence-electron chi connectivity index (χ4n) is 3.37. The Balaban J connectivity index is 2.52. The number of hydrogen-bond acceptors (Lipinski definition) is 2. The molecule has 0 bridgehead atoms. The van der Waals surface area contributed by atoms with Gasteiger partial charge in [0.2, 0.25) is 0 Å². The van der Waals surface area contributed by atoms with Crippen LogP contribution < -0.4 is 0 Å². The van der Waals surface area contributed by atoms with Crippen molar-refractivity contribution >= 4 is 11.9 Å². The number of amides is 1. The van der Waals surface area contributed by atoms with Crippen LogP contribution >= 0.6 is 0 Å². The topological polar surface area (TPSA) is 57.6 Å². The molecule has 1 aliphatic carbocycles. The lowest BCUT2D eigenvalue weighted by atomic mass is 9.77. The van der Waals surface area contributed by atoms with Gasteiger partial charge in [0.25, 0.3) is 0 Å². The van der Waals surface area contributed by atoms with Crippen LogP contribution in [-0.4, -0.2) is 33.5 Å². The van der Waals surface area contributed by atoms with Crippen LogP contribution in [0.2, 0.25) is 0 Å². The molecule has 0 unspecified atom stereocenters. The summed E-state index contributed by atoms with van der Waals surface area (Å²) in [5.41, 5.74) is -0.927. The molecule has 7 heteroatoms. The average Bonchev–Trinajstić information content (AvgIpc) is 2.41. The van der Waals surface area contributed by atoms with Gasteiger partial charge < -0.3 is 5.11 Å². The van der Waals surface area contributed by atoms with E-state index in [1.54, 1.807) is 20.8 Å². The predicted molar refractivity (Wildman–Crippen MR) is 81.3 cm³/mol. The summed E-state index contributed by atoms with van der Waals surface area (Å²) in [7, 11) is 0. The van der Waals surface area contributed by atoms with Crippen LogP contribution in [0.25, 0.3) is 0 Å². The molecule has 1 N–H and O–H groups in total. The molecule has 0 saturated heterocycles. The number of ketones is 1. The van der Waals surface area contributed by atoms with Crippen LogP contribution in [0.1, 0.15) is 51.5 Å². The molecule has 2 rings (SSSR count). The van der Waals surface area contributed by atoms with E-state index in [0.717, 1.165) is 11.0 Å². The maximum Gasteiger partial charge on any atom is 0.408 e.